The number of aryl methyl sites for hydroxylation is 2. The topological polar surface area (TPSA) is 84.1 Å². The van der Waals surface area contributed by atoms with E-state index in [2.05, 4.69) is 15.1 Å². The van der Waals surface area contributed by atoms with E-state index in [4.69, 9.17) is 11.6 Å². The van der Waals surface area contributed by atoms with Crippen molar-refractivity contribution in [2.75, 3.05) is 11.4 Å². The van der Waals surface area contributed by atoms with E-state index in [9.17, 15) is 9.90 Å². The van der Waals surface area contributed by atoms with Crippen molar-refractivity contribution in [3.05, 3.63) is 34.0 Å². The maximum absolute atomic E-state index is 11.3. The van der Waals surface area contributed by atoms with Crippen molar-refractivity contribution in [1.82, 2.24) is 19.7 Å². The van der Waals surface area contributed by atoms with Crippen LogP contribution >= 0.6 is 11.6 Å². The van der Waals surface area contributed by atoms with Gasteiger partial charge in [-0.1, -0.05) is 11.6 Å². The van der Waals surface area contributed by atoms with Crippen LogP contribution < -0.4 is 4.90 Å². The molecule has 110 valence electrons. The quantitative estimate of drug-likeness (QED) is 0.903. The van der Waals surface area contributed by atoms with Gasteiger partial charge in [0.1, 0.15) is 10.8 Å². The summed E-state index contributed by atoms with van der Waals surface area (Å²) in [7, 11) is 1.77. The first-order valence-corrected chi connectivity index (χ1v) is 6.87. The molecule has 0 fully saturated rings. The van der Waals surface area contributed by atoms with Crippen LogP contribution in [0.3, 0.4) is 0 Å². The fourth-order valence-corrected chi connectivity index (χ4v) is 2.82. The van der Waals surface area contributed by atoms with Gasteiger partial charge < -0.3 is 10.0 Å². The van der Waals surface area contributed by atoms with E-state index < -0.39 is 5.97 Å². The third-order valence-corrected chi connectivity index (χ3v) is 3.86. The van der Waals surface area contributed by atoms with Gasteiger partial charge >= 0.3 is 5.97 Å². The van der Waals surface area contributed by atoms with Crippen molar-refractivity contribution in [1.29, 1.82) is 0 Å². The van der Waals surface area contributed by atoms with E-state index in [-0.39, 0.29) is 5.69 Å². The van der Waals surface area contributed by atoms with Gasteiger partial charge in [-0.15, -0.1) is 0 Å². The number of anilines is 1. The average molecular weight is 308 g/mol. The van der Waals surface area contributed by atoms with Gasteiger partial charge in [0.2, 0.25) is 0 Å². The lowest BCUT2D eigenvalue weighted by Crippen LogP contribution is -2.32. The Bertz CT molecular complexity index is 728. The molecule has 0 spiro atoms. The average Bonchev–Trinajstić information content (AvgIpc) is 2.78. The van der Waals surface area contributed by atoms with Crippen molar-refractivity contribution < 1.29 is 9.90 Å². The second-order valence-electron chi connectivity index (χ2n) is 4.96. The molecule has 1 aliphatic heterocycles. The van der Waals surface area contributed by atoms with Crippen molar-refractivity contribution in [3.8, 4) is 0 Å². The van der Waals surface area contributed by atoms with Gasteiger partial charge in [-0.05, 0) is 6.92 Å². The molecule has 0 aliphatic carbocycles. The first-order valence-electron chi connectivity index (χ1n) is 6.49. The molecule has 2 aromatic rings. The monoisotopic (exact) mass is 307 g/mol. The van der Waals surface area contributed by atoms with E-state index in [0.29, 0.717) is 36.2 Å². The standard InChI is InChI=1S/C13H14ClN5O2/c1-7-15-5-9(14)12(16-7)19-4-3-10-8(6-19)11(13(20)21)17-18(10)2/h5H,3-4,6H2,1-2H3,(H,20,21). The van der Waals surface area contributed by atoms with Crippen molar-refractivity contribution in [2.24, 2.45) is 7.05 Å². The largest absolute Gasteiger partial charge is 0.476 e. The Morgan fingerprint density at radius 1 is 1.48 bits per heavy atom. The summed E-state index contributed by atoms with van der Waals surface area (Å²) in [6, 6.07) is 0. The van der Waals surface area contributed by atoms with Crippen molar-refractivity contribution in [3.63, 3.8) is 0 Å². The lowest BCUT2D eigenvalue weighted by atomic mass is 10.1. The lowest BCUT2D eigenvalue weighted by Gasteiger charge is -2.29. The van der Waals surface area contributed by atoms with Crippen LogP contribution in [0.25, 0.3) is 0 Å². The summed E-state index contributed by atoms with van der Waals surface area (Å²) in [5.74, 6) is 0.249. The second kappa shape index (κ2) is 5.00. The molecule has 1 N–H and O–H groups in total. The molecule has 0 unspecified atom stereocenters. The van der Waals surface area contributed by atoms with Crippen LogP contribution in [0.5, 0.6) is 0 Å². The summed E-state index contributed by atoms with van der Waals surface area (Å²) in [6.45, 7) is 2.94. The molecule has 8 heteroatoms. The molecule has 3 rings (SSSR count). The minimum Gasteiger partial charge on any atom is -0.476 e. The molecule has 0 atom stereocenters. The zero-order valence-electron chi connectivity index (χ0n) is 11.7. The number of aromatic nitrogens is 4. The van der Waals surface area contributed by atoms with Gasteiger partial charge in [-0.2, -0.15) is 5.10 Å². The molecular formula is C13H14ClN5O2. The van der Waals surface area contributed by atoms with E-state index in [1.807, 2.05) is 4.90 Å². The first-order chi connectivity index (χ1) is 9.97. The summed E-state index contributed by atoms with van der Waals surface area (Å²) in [5.41, 5.74) is 1.77. The number of aromatic carboxylic acids is 1. The summed E-state index contributed by atoms with van der Waals surface area (Å²) in [6.07, 6.45) is 2.27. The molecule has 2 aromatic heterocycles. The van der Waals surface area contributed by atoms with E-state index in [1.165, 1.54) is 0 Å². The fraction of sp³-hybridized carbons (Fsp3) is 0.385. The predicted molar refractivity (Wildman–Crippen MR) is 76.7 cm³/mol. The highest BCUT2D eigenvalue weighted by Gasteiger charge is 2.28. The van der Waals surface area contributed by atoms with Gasteiger partial charge in [0.25, 0.3) is 0 Å². The fourth-order valence-electron chi connectivity index (χ4n) is 2.61. The molecule has 1 aliphatic rings. The smallest absolute Gasteiger partial charge is 0.356 e. The minimum atomic E-state index is -1.02. The Hall–Kier alpha value is -2.15. The summed E-state index contributed by atoms with van der Waals surface area (Å²) < 4.78 is 1.64. The van der Waals surface area contributed by atoms with Crippen LogP contribution in [-0.2, 0) is 20.0 Å². The Kier molecular flexibility index (Phi) is 3.29. The highest BCUT2D eigenvalue weighted by Crippen LogP contribution is 2.29. The number of carboxylic acid groups (broad SMARTS) is 1. The van der Waals surface area contributed by atoms with Gasteiger partial charge in [0.05, 0.1) is 6.20 Å². The normalized spacial score (nSPS) is 14.1. The molecule has 0 saturated heterocycles. The third kappa shape index (κ3) is 2.33. The highest BCUT2D eigenvalue weighted by molar-refractivity contribution is 6.32. The molecule has 0 bridgehead atoms. The van der Waals surface area contributed by atoms with Crippen molar-refractivity contribution in [2.45, 2.75) is 19.9 Å². The maximum Gasteiger partial charge on any atom is 0.356 e. The van der Waals surface area contributed by atoms with Crippen LogP contribution in [0.1, 0.15) is 27.6 Å². The highest BCUT2D eigenvalue weighted by atomic mass is 35.5. The molecule has 0 saturated carbocycles. The molecule has 0 radical (unpaired) electrons. The second-order valence-corrected chi connectivity index (χ2v) is 5.37. The number of nitrogens with zero attached hydrogens (tertiary/aromatic N) is 5. The first kappa shape index (κ1) is 13.8. The van der Waals surface area contributed by atoms with Gasteiger partial charge in [0.15, 0.2) is 11.5 Å². The van der Waals surface area contributed by atoms with Crippen LogP contribution in [0.2, 0.25) is 5.02 Å². The van der Waals surface area contributed by atoms with Crippen LogP contribution in [0, 0.1) is 6.92 Å². The summed E-state index contributed by atoms with van der Waals surface area (Å²) >= 11 is 6.16. The lowest BCUT2D eigenvalue weighted by molar-refractivity contribution is 0.0688. The minimum absolute atomic E-state index is 0.0964. The molecule has 21 heavy (non-hydrogen) atoms. The number of carboxylic acids is 1. The predicted octanol–water partition coefficient (Wildman–Crippen LogP) is 1.43. The van der Waals surface area contributed by atoms with E-state index in [0.717, 1.165) is 11.3 Å². The SMILES string of the molecule is Cc1ncc(Cl)c(N2CCc3c(c(C(=O)O)nn3C)C2)n1. The maximum atomic E-state index is 11.3. The van der Waals surface area contributed by atoms with Crippen LogP contribution in [0.4, 0.5) is 5.82 Å². The molecule has 7 nitrogen and oxygen atoms in total. The number of hydrogen-bond donors (Lipinski definition) is 1. The molecule has 0 aromatic carbocycles. The Balaban J connectivity index is 2.01. The molecule has 0 amide bonds. The van der Waals surface area contributed by atoms with Crippen LogP contribution in [0.15, 0.2) is 6.20 Å². The number of fused-ring (bicyclic) bond motifs is 1. The third-order valence-electron chi connectivity index (χ3n) is 3.59. The Morgan fingerprint density at radius 2 is 2.24 bits per heavy atom. The Morgan fingerprint density at radius 3 is 2.95 bits per heavy atom. The summed E-state index contributed by atoms with van der Waals surface area (Å²) in [5, 5.41) is 13.8. The number of hydrogen-bond acceptors (Lipinski definition) is 5. The van der Waals surface area contributed by atoms with Gasteiger partial charge in [-0.25, -0.2) is 14.8 Å². The van der Waals surface area contributed by atoms with Crippen LogP contribution in [-0.4, -0.2) is 37.4 Å². The van der Waals surface area contributed by atoms with Crippen molar-refractivity contribution >= 4 is 23.4 Å². The van der Waals surface area contributed by atoms with E-state index in [1.54, 1.807) is 24.9 Å². The number of carbonyl (C=O) groups is 1. The zero-order valence-corrected chi connectivity index (χ0v) is 12.4. The van der Waals surface area contributed by atoms with Gasteiger partial charge in [-0.3, -0.25) is 4.68 Å². The molecule has 3 heterocycles. The Labute approximate surface area is 126 Å². The molecular weight excluding hydrogens is 294 g/mol. The summed E-state index contributed by atoms with van der Waals surface area (Å²) in [4.78, 5) is 21.7. The zero-order chi connectivity index (χ0) is 15.1. The number of halogens is 1. The van der Waals surface area contributed by atoms with E-state index >= 15 is 0 Å². The van der Waals surface area contributed by atoms with Gasteiger partial charge in [0, 0.05) is 37.8 Å². The number of rotatable bonds is 2.